The van der Waals surface area contributed by atoms with Crippen molar-refractivity contribution in [1.29, 1.82) is 0 Å². The third-order valence-electron chi connectivity index (χ3n) is 5.51. The van der Waals surface area contributed by atoms with Gasteiger partial charge in [0.25, 0.3) is 0 Å². The molecule has 2 aromatic rings. The van der Waals surface area contributed by atoms with E-state index in [1.54, 1.807) is 67.6 Å². The average Bonchev–Trinajstić information content (AvgIpc) is 2.88. The summed E-state index contributed by atoms with van der Waals surface area (Å²) in [5.74, 6) is -1.43. The van der Waals surface area contributed by atoms with Crippen LogP contribution in [0, 0.1) is 0 Å². The van der Waals surface area contributed by atoms with Crippen LogP contribution in [0.4, 0.5) is 0 Å². The monoisotopic (exact) mass is 514 g/mol. The fourth-order valence-corrected chi connectivity index (χ4v) is 4.70. The number of benzene rings is 2. The second-order valence-corrected chi connectivity index (χ2v) is 9.67. The van der Waals surface area contributed by atoms with Gasteiger partial charge in [0, 0.05) is 6.42 Å². The molecule has 3 rings (SSSR count). The SMILES string of the molecule is CCS[C@@H]1O[C@@H](C)[C@H](OC(=O)c2ccccc2)[C@@H](OC(=O)c2ccccc2)[C@H]1OC(=O)CCC(C)=O. The number of hydrogen-bond donors (Lipinski definition) is 0. The van der Waals surface area contributed by atoms with Crippen LogP contribution in [-0.4, -0.2) is 59.3 Å². The van der Waals surface area contributed by atoms with Crippen molar-refractivity contribution in [2.24, 2.45) is 0 Å². The van der Waals surface area contributed by atoms with E-state index in [1.165, 1.54) is 18.7 Å². The second kappa shape index (κ2) is 13.2. The number of esters is 3. The molecular weight excluding hydrogens is 484 g/mol. The molecule has 0 aromatic heterocycles. The molecule has 0 unspecified atom stereocenters. The highest BCUT2D eigenvalue weighted by Gasteiger charge is 2.51. The van der Waals surface area contributed by atoms with E-state index in [0.717, 1.165) is 0 Å². The molecule has 2 aromatic carbocycles. The number of carbonyl (C=O) groups excluding carboxylic acids is 4. The van der Waals surface area contributed by atoms with Crippen LogP contribution in [0.3, 0.4) is 0 Å². The normalized spacial score (nSPS) is 23.4. The predicted octanol–water partition coefficient (Wildman–Crippen LogP) is 4.22. The number of thioether (sulfide) groups is 1. The van der Waals surface area contributed by atoms with Gasteiger partial charge in [-0.25, -0.2) is 9.59 Å². The van der Waals surface area contributed by atoms with Crippen molar-refractivity contribution < 1.29 is 38.1 Å². The summed E-state index contributed by atoms with van der Waals surface area (Å²) in [5, 5.41) is 0. The van der Waals surface area contributed by atoms with Gasteiger partial charge < -0.3 is 23.7 Å². The molecule has 9 heteroatoms. The van der Waals surface area contributed by atoms with Gasteiger partial charge in [0.1, 0.15) is 11.2 Å². The molecule has 0 spiro atoms. The maximum Gasteiger partial charge on any atom is 0.338 e. The van der Waals surface area contributed by atoms with Crippen molar-refractivity contribution in [3.05, 3.63) is 71.8 Å². The van der Waals surface area contributed by atoms with Crippen LogP contribution in [0.25, 0.3) is 0 Å². The lowest BCUT2D eigenvalue weighted by atomic mass is 9.99. The lowest BCUT2D eigenvalue weighted by Gasteiger charge is -2.43. The van der Waals surface area contributed by atoms with Crippen LogP contribution in [0.5, 0.6) is 0 Å². The number of rotatable bonds is 10. The van der Waals surface area contributed by atoms with Crippen molar-refractivity contribution in [2.45, 2.75) is 63.5 Å². The molecule has 8 nitrogen and oxygen atoms in total. The largest absolute Gasteiger partial charge is 0.454 e. The minimum absolute atomic E-state index is 0.0231. The van der Waals surface area contributed by atoms with Crippen LogP contribution in [0.1, 0.15) is 54.3 Å². The standard InChI is InChI=1S/C27H30O8S/c1-4-36-27-24(33-21(29)16-15-17(2)28)23(35-26(31)20-13-9-6-10-14-20)22(18(3)32-27)34-25(30)19-11-7-5-8-12-19/h5-14,18,22-24,27H,4,15-16H2,1-3H3/t18-,22-,23+,24+,27-/m0/s1. The Bertz CT molecular complexity index is 1040. The fourth-order valence-electron chi connectivity index (χ4n) is 3.71. The molecule has 0 bridgehead atoms. The van der Waals surface area contributed by atoms with Crippen LogP contribution in [-0.2, 0) is 28.5 Å². The first-order valence-corrected chi connectivity index (χ1v) is 12.8. The van der Waals surface area contributed by atoms with Crippen LogP contribution in [0.2, 0.25) is 0 Å². The van der Waals surface area contributed by atoms with Gasteiger partial charge in [-0.05, 0) is 43.9 Å². The third-order valence-corrected chi connectivity index (χ3v) is 6.55. The van der Waals surface area contributed by atoms with Gasteiger partial charge in [-0.15, -0.1) is 11.8 Å². The summed E-state index contributed by atoms with van der Waals surface area (Å²) in [7, 11) is 0. The Morgan fingerprint density at radius 1 is 0.778 bits per heavy atom. The molecule has 0 saturated carbocycles. The van der Waals surface area contributed by atoms with Crippen LogP contribution in [0.15, 0.2) is 60.7 Å². The molecule has 1 heterocycles. The number of ether oxygens (including phenoxy) is 4. The molecule has 36 heavy (non-hydrogen) atoms. The Labute approximate surface area is 214 Å². The number of carbonyl (C=O) groups is 4. The lowest BCUT2D eigenvalue weighted by Crippen LogP contribution is -2.60. The van der Waals surface area contributed by atoms with E-state index in [1.807, 2.05) is 6.92 Å². The summed E-state index contributed by atoms with van der Waals surface area (Å²) in [6, 6.07) is 16.8. The number of ketones is 1. The average molecular weight is 515 g/mol. The van der Waals surface area contributed by atoms with Gasteiger partial charge in [-0.2, -0.15) is 0 Å². The predicted molar refractivity (Wildman–Crippen MR) is 134 cm³/mol. The van der Waals surface area contributed by atoms with Gasteiger partial charge in [0.2, 0.25) is 0 Å². The van der Waals surface area contributed by atoms with Gasteiger partial charge in [-0.1, -0.05) is 43.3 Å². The zero-order valence-electron chi connectivity index (χ0n) is 20.5. The minimum atomic E-state index is -1.14. The smallest absolute Gasteiger partial charge is 0.338 e. The topological polar surface area (TPSA) is 105 Å². The number of Topliss-reactive ketones (excluding diaryl/α,β-unsaturated/α-hetero) is 1. The van der Waals surface area contributed by atoms with Gasteiger partial charge in [0.15, 0.2) is 18.3 Å². The Kier molecular flexibility index (Phi) is 10.1. The molecule has 192 valence electrons. The zero-order chi connectivity index (χ0) is 26.1. The van der Waals surface area contributed by atoms with Crippen molar-refractivity contribution >= 4 is 35.5 Å². The maximum atomic E-state index is 13.0. The van der Waals surface area contributed by atoms with Crippen molar-refractivity contribution in [3.8, 4) is 0 Å². The molecule has 1 aliphatic rings. The summed E-state index contributed by atoms with van der Waals surface area (Å²) < 4.78 is 23.4. The van der Waals surface area contributed by atoms with Crippen molar-refractivity contribution in [3.63, 3.8) is 0 Å². The Morgan fingerprint density at radius 3 is 1.81 bits per heavy atom. The quantitative estimate of drug-likeness (QED) is 0.340. The van der Waals surface area contributed by atoms with E-state index in [4.69, 9.17) is 18.9 Å². The van der Waals surface area contributed by atoms with Gasteiger partial charge in [-0.3, -0.25) is 4.79 Å². The minimum Gasteiger partial charge on any atom is -0.454 e. The van der Waals surface area contributed by atoms with E-state index in [2.05, 4.69) is 0 Å². The summed E-state index contributed by atoms with van der Waals surface area (Å²) in [6.07, 6.45) is -4.02. The summed E-state index contributed by atoms with van der Waals surface area (Å²) in [4.78, 5) is 49.9. The van der Waals surface area contributed by atoms with Crippen molar-refractivity contribution in [1.82, 2.24) is 0 Å². The van der Waals surface area contributed by atoms with E-state index < -0.39 is 47.8 Å². The lowest BCUT2D eigenvalue weighted by molar-refractivity contribution is -0.210. The van der Waals surface area contributed by atoms with Crippen molar-refractivity contribution in [2.75, 3.05) is 5.75 Å². The Hall–Kier alpha value is -3.17. The zero-order valence-corrected chi connectivity index (χ0v) is 21.3. The first-order chi connectivity index (χ1) is 17.3. The summed E-state index contributed by atoms with van der Waals surface area (Å²) >= 11 is 1.38. The van der Waals surface area contributed by atoms with Gasteiger partial charge >= 0.3 is 17.9 Å². The van der Waals surface area contributed by atoms with E-state index in [-0.39, 0.29) is 18.6 Å². The maximum absolute atomic E-state index is 13.0. The molecule has 1 saturated heterocycles. The number of hydrogen-bond acceptors (Lipinski definition) is 9. The molecule has 0 aliphatic carbocycles. The second-order valence-electron chi connectivity index (χ2n) is 8.29. The summed E-state index contributed by atoms with van der Waals surface area (Å²) in [5.41, 5.74) is -0.0597. The molecule has 1 aliphatic heterocycles. The molecule has 1 fully saturated rings. The first kappa shape index (κ1) is 27.4. The van der Waals surface area contributed by atoms with E-state index in [9.17, 15) is 19.2 Å². The first-order valence-electron chi connectivity index (χ1n) is 11.8. The Morgan fingerprint density at radius 2 is 1.31 bits per heavy atom. The molecule has 0 amide bonds. The third kappa shape index (κ3) is 7.41. The highest BCUT2D eigenvalue weighted by atomic mass is 32.2. The van der Waals surface area contributed by atoms with Crippen LogP contribution < -0.4 is 0 Å². The molecule has 5 atom stereocenters. The highest BCUT2D eigenvalue weighted by Crippen LogP contribution is 2.34. The van der Waals surface area contributed by atoms with Crippen LogP contribution >= 0.6 is 11.8 Å². The molecule has 0 radical (unpaired) electrons. The Balaban J connectivity index is 1.92. The van der Waals surface area contributed by atoms with Gasteiger partial charge in [0.05, 0.1) is 23.7 Å². The fraction of sp³-hybridized carbons (Fsp3) is 0.407. The molecular formula is C27H30O8S. The summed E-state index contributed by atoms with van der Waals surface area (Å²) in [6.45, 7) is 5.01. The highest BCUT2D eigenvalue weighted by molar-refractivity contribution is 7.99. The van der Waals surface area contributed by atoms with E-state index in [0.29, 0.717) is 16.9 Å². The molecule has 0 N–H and O–H groups in total. The van der Waals surface area contributed by atoms with E-state index >= 15 is 0 Å².